The first-order chi connectivity index (χ1) is 8.74. The summed E-state index contributed by atoms with van der Waals surface area (Å²) in [4.78, 5) is 0. The van der Waals surface area contributed by atoms with Gasteiger partial charge in [-0.2, -0.15) is 0 Å². The molecule has 1 aromatic carbocycles. The maximum absolute atomic E-state index is 12.9. The Morgan fingerprint density at radius 3 is 2.67 bits per heavy atom. The van der Waals surface area contributed by atoms with Gasteiger partial charge in [0.15, 0.2) is 11.6 Å². The van der Waals surface area contributed by atoms with Crippen molar-refractivity contribution in [3.63, 3.8) is 0 Å². The molecule has 0 atom stereocenters. The summed E-state index contributed by atoms with van der Waals surface area (Å²) in [7, 11) is 1.63. The number of hydrogen-bond acceptors (Lipinski definition) is 3. The molecule has 1 aromatic rings. The van der Waals surface area contributed by atoms with E-state index in [1.807, 2.05) is 0 Å². The van der Waals surface area contributed by atoms with Crippen molar-refractivity contribution in [2.75, 3.05) is 33.5 Å². The second-order valence-electron chi connectivity index (χ2n) is 3.88. The fraction of sp³-hybridized carbons (Fsp3) is 0.538. The van der Waals surface area contributed by atoms with E-state index in [4.69, 9.17) is 9.47 Å². The van der Waals surface area contributed by atoms with Gasteiger partial charge in [-0.15, -0.1) is 0 Å². The molecule has 5 heteroatoms. The topological polar surface area (TPSA) is 30.5 Å². The Morgan fingerprint density at radius 1 is 1.11 bits per heavy atom. The smallest absolute Gasteiger partial charge is 0.159 e. The van der Waals surface area contributed by atoms with Crippen molar-refractivity contribution < 1.29 is 18.3 Å². The van der Waals surface area contributed by atoms with Crippen LogP contribution in [0.15, 0.2) is 18.2 Å². The lowest BCUT2D eigenvalue weighted by Gasteiger charge is -2.06. The third-order valence-corrected chi connectivity index (χ3v) is 2.39. The van der Waals surface area contributed by atoms with Crippen molar-refractivity contribution in [2.45, 2.75) is 13.0 Å². The van der Waals surface area contributed by atoms with Gasteiger partial charge in [0.25, 0.3) is 0 Å². The van der Waals surface area contributed by atoms with Crippen LogP contribution in [0.4, 0.5) is 8.78 Å². The van der Waals surface area contributed by atoms with Crippen LogP contribution >= 0.6 is 0 Å². The molecular formula is C13H19F2NO2. The molecule has 0 unspecified atom stereocenters. The second-order valence-corrected chi connectivity index (χ2v) is 3.88. The van der Waals surface area contributed by atoms with Crippen LogP contribution < -0.4 is 5.32 Å². The molecule has 0 heterocycles. The summed E-state index contributed by atoms with van der Waals surface area (Å²) in [5.41, 5.74) is 0.731. The lowest BCUT2D eigenvalue weighted by atomic mass is 10.2. The number of ether oxygens (including phenoxy) is 2. The van der Waals surface area contributed by atoms with Crippen LogP contribution in [0.1, 0.15) is 12.0 Å². The van der Waals surface area contributed by atoms with Crippen LogP contribution in [0.2, 0.25) is 0 Å². The third-order valence-electron chi connectivity index (χ3n) is 2.39. The lowest BCUT2D eigenvalue weighted by Crippen LogP contribution is -2.17. The van der Waals surface area contributed by atoms with E-state index >= 15 is 0 Å². The number of nitrogens with one attached hydrogen (secondary N) is 1. The largest absolute Gasteiger partial charge is 0.382 e. The van der Waals surface area contributed by atoms with Gasteiger partial charge < -0.3 is 14.8 Å². The predicted molar refractivity (Wildman–Crippen MR) is 65.4 cm³/mol. The van der Waals surface area contributed by atoms with Crippen molar-refractivity contribution in [2.24, 2.45) is 0 Å². The van der Waals surface area contributed by atoms with E-state index in [0.717, 1.165) is 24.6 Å². The Kier molecular flexibility index (Phi) is 7.48. The van der Waals surface area contributed by atoms with Crippen LogP contribution in [0, 0.1) is 11.6 Å². The highest BCUT2D eigenvalue weighted by Gasteiger charge is 2.01. The van der Waals surface area contributed by atoms with Crippen LogP contribution in [-0.4, -0.2) is 33.5 Å². The van der Waals surface area contributed by atoms with E-state index in [-0.39, 0.29) is 0 Å². The number of benzene rings is 1. The molecule has 102 valence electrons. The first-order valence-electron chi connectivity index (χ1n) is 5.95. The molecule has 0 aliphatic rings. The summed E-state index contributed by atoms with van der Waals surface area (Å²) >= 11 is 0. The van der Waals surface area contributed by atoms with E-state index in [2.05, 4.69) is 5.32 Å². The summed E-state index contributed by atoms with van der Waals surface area (Å²) in [5, 5.41) is 3.14. The van der Waals surface area contributed by atoms with E-state index in [0.29, 0.717) is 26.4 Å². The monoisotopic (exact) mass is 259 g/mol. The molecule has 0 aromatic heterocycles. The summed E-state index contributed by atoms with van der Waals surface area (Å²) in [6, 6.07) is 3.91. The van der Waals surface area contributed by atoms with E-state index < -0.39 is 11.6 Å². The average molecular weight is 259 g/mol. The average Bonchev–Trinajstić information content (AvgIpc) is 2.37. The molecule has 0 radical (unpaired) electrons. The molecule has 0 aliphatic carbocycles. The van der Waals surface area contributed by atoms with Gasteiger partial charge >= 0.3 is 0 Å². The third kappa shape index (κ3) is 6.05. The highest BCUT2D eigenvalue weighted by atomic mass is 19.2. The first-order valence-corrected chi connectivity index (χ1v) is 5.95. The maximum atomic E-state index is 12.9. The van der Waals surface area contributed by atoms with Gasteiger partial charge in [0.2, 0.25) is 0 Å². The van der Waals surface area contributed by atoms with Gasteiger partial charge in [-0.25, -0.2) is 8.78 Å². The van der Waals surface area contributed by atoms with Crippen molar-refractivity contribution >= 4 is 0 Å². The molecule has 0 fully saturated rings. The summed E-state index contributed by atoms with van der Waals surface area (Å²) in [5.74, 6) is -1.62. The van der Waals surface area contributed by atoms with Crippen molar-refractivity contribution in [3.8, 4) is 0 Å². The Bertz CT molecular complexity index is 348. The Hall–Kier alpha value is -1.04. The fourth-order valence-electron chi connectivity index (χ4n) is 1.43. The van der Waals surface area contributed by atoms with Crippen molar-refractivity contribution in [1.29, 1.82) is 0 Å². The minimum absolute atomic E-state index is 0.523. The van der Waals surface area contributed by atoms with E-state index in [9.17, 15) is 8.78 Å². The quantitative estimate of drug-likeness (QED) is 0.689. The first kappa shape index (κ1) is 15.0. The van der Waals surface area contributed by atoms with Gasteiger partial charge in [-0.1, -0.05) is 6.07 Å². The molecule has 1 rings (SSSR count). The minimum atomic E-state index is -0.815. The number of rotatable bonds is 9. The van der Waals surface area contributed by atoms with E-state index in [1.54, 1.807) is 13.2 Å². The fourth-order valence-corrected chi connectivity index (χ4v) is 1.43. The summed E-state index contributed by atoms with van der Waals surface area (Å²) < 4.78 is 35.7. The van der Waals surface area contributed by atoms with Gasteiger partial charge in [-0.05, 0) is 30.7 Å². The van der Waals surface area contributed by atoms with Gasteiger partial charge in [-0.3, -0.25) is 0 Å². The summed E-state index contributed by atoms with van der Waals surface area (Å²) in [6.07, 6.45) is 0.868. The van der Waals surface area contributed by atoms with Crippen LogP contribution in [0.5, 0.6) is 0 Å². The minimum Gasteiger partial charge on any atom is -0.382 e. The molecule has 0 bridgehead atoms. The van der Waals surface area contributed by atoms with Crippen LogP contribution in [-0.2, 0) is 16.0 Å². The highest BCUT2D eigenvalue weighted by Crippen LogP contribution is 2.08. The SMILES string of the molecule is COCCOCCCNCc1ccc(F)c(F)c1. The van der Waals surface area contributed by atoms with Crippen LogP contribution in [0.3, 0.4) is 0 Å². The zero-order valence-electron chi connectivity index (χ0n) is 10.5. The Balaban J connectivity index is 2.05. The zero-order chi connectivity index (χ0) is 13.2. The normalized spacial score (nSPS) is 10.8. The molecule has 1 N–H and O–H groups in total. The maximum Gasteiger partial charge on any atom is 0.159 e. The van der Waals surface area contributed by atoms with Gasteiger partial charge in [0, 0.05) is 20.3 Å². The molecule has 0 amide bonds. The molecule has 3 nitrogen and oxygen atoms in total. The predicted octanol–water partition coefficient (Wildman–Crippen LogP) is 2.11. The molecule has 18 heavy (non-hydrogen) atoms. The molecule has 0 spiro atoms. The van der Waals surface area contributed by atoms with Crippen molar-refractivity contribution in [3.05, 3.63) is 35.4 Å². The van der Waals surface area contributed by atoms with Crippen molar-refractivity contribution in [1.82, 2.24) is 5.32 Å². The number of hydrogen-bond donors (Lipinski definition) is 1. The molecule has 0 aliphatic heterocycles. The van der Waals surface area contributed by atoms with Gasteiger partial charge in [0.05, 0.1) is 13.2 Å². The molecule has 0 saturated heterocycles. The molecular weight excluding hydrogens is 240 g/mol. The Morgan fingerprint density at radius 2 is 1.94 bits per heavy atom. The molecule has 0 saturated carbocycles. The van der Waals surface area contributed by atoms with E-state index in [1.165, 1.54) is 6.07 Å². The summed E-state index contributed by atoms with van der Waals surface area (Å²) in [6.45, 7) is 3.15. The number of methoxy groups -OCH3 is 1. The van der Waals surface area contributed by atoms with Gasteiger partial charge in [0.1, 0.15) is 0 Å². The highest BCUT2D eigenvalue weighted by molar-refractivity contribution is 5.17. The number of halogens is 2. The van der Waals surface area contributed by atoms with Crippen LogP contribution in [0.25, 0.3) is 0 Å². The zero-order valence-corrected chi connectivity index (χ0v) is 10.5. The Labute approximate surface area is 106 Å². The second kappa shape index (κ2) is 8.97. The lowest BCUT2D eigenvalue weighted by molar-refractivity contribution is 0.0695. The standard InChI is InChI=1S/C13H19F2NO2/c1-17-7-8-18-6-2-5-16-10-11-3-4-12(14)13(15)9-11/h3-4,9,16H,2,5-8,10H2,1H3.